The molecule has 0 saturated heterocycles. The average molecular weight is 347 g/mol. The molecule has 7 heteroatoms. The van der Waals surface area contributed by atoms with E-state index in [0.717, 1.165) is 4.88 Å². The number of amides is 1. The summed E-state index contributed by atoms with van der Waals surface area (Å²) in [6.07, 6.45) is 0.831. The first kappa shape index (κ1) is 15.9. The average Bonchev–Trinajstić information content (AvgIpc) is 3.26. The van der Waals surface area contributed by atoms with Crippen LogP contribution in [0.3, 0.4) is 0 Å². The maximum Gasteiger partial charge on any atom is 0.227 e. The molecule has 0 spiro atoms. The molecule has 3 aromatic heterocycles. The van der Waals surface area contributed by atoms with Crippen LogP contribution in [0.15, 0.2) is 33.5 Å². The molecule has 0 atom stereocenters. The van der Waals surface area contributed by atoms with Gasteiger partial charge in [-0.25, -0.2) is 0 Å². The first-order valence-corrected chi connectivity index (χ1v) is 9.03. The van der Waals surface area contributed by atoms with Crippen LogP contribution in [0.1, 0.15) is 22.8 Å². The van der Waals surface area contributed by atoms with Crippen LogP contribution < -0.4 is 0 Å². The van der Waals surface area contributed by atoms with E-state index in [2.05, 4.69) is 23.1 Å². The van der Waals surface area contributed by atoms with Crippen LogP contribution in [-0.4, -0.2) is 28.0 Å². The molecule has 0 N–H and O–H groups in total. The van der Waals surface area contributed by atoms with Gasteiger partial charge >= 0.3 is 0 Å². The fraction of sp³-hybridized carbons (Fsp3) is 0.312. The van der Waals surface area contributed by atoms with Crippen molar-refractivity contribution in [2.24, 2.45) is 0 Å². The van der Waals surface area contributed by atoms with Crippen molar-refractivity contribution in [3.8, 4) is 10.7 Å². The van der Waals surface area contributed by atoms with Crippen LogP contribution in [0.2, 0.25) is 0 Å². The molecule has 120 valence electrons. The van der Waals surface area contributed by atoms with E-state index in [1.54, 1.807) is 27.6 Å². The van der Waals surface area contributed by atoms with Gasteiger partial charge in [-0.15, -0.1) is 22.7 Å². The number of hydrogen-bond acceptors (Lipinski definition) is 6. The van der Waals surface area contributed by atoms with Crippen molar-refractivity contribution < 1.29 is 9.32 Å². The van der Waals surface area contributed by atoms with Gasteiger partial charge in [-0.2, -0.15) is 4.98 Å². The van der Waals surface area contributed by atoms with Crippen molar-refractivity contribution in [2.45, 2.75) is 26.3 Å². The minimum Gasteiger partial charge on any atom is -0.341 e. The number of aryl methyl sites for hydroxylation is 2. The monoisotopic (exact) mass is 347 g/mol. The van der Waals surface area contributed by atoms with Gasteiger partial charge in [0, 0.05) is 24.8 Å². The van der Waals surface area contributed by atoms with Crippen LogP contribution in [0.25, 0.3) is 10.7 Å². The minimum absolute atomic E-state index is 0.0775. The summed E-state index contributed by atoms with van der Waals surface area (Å²) in [5.74, 6) is 1.17. The lowest BCUT2D eigenvalue weighted by atomic mass is 10.2. The molecule has 0 saturated carbocycles. The van der Waals surface area contributed by atoms with E-state index in [9.17, 15) is 4.79 Å². The third kappa shape index (κ3) is 3.86. The third-order valence-electron chi connectivity index (χ3n) is 3.54. The number of nitrogens with zero attached hydrogens (tertiary/aromatic N) is 3. The van der Waals surface area contributed by atoms with Crippen molar-refractivity contribution in [1.29, 1.82) is 0 Å². The summed E-state index contributed by atoms with van der Waals surface area (Å²) in [5.41, 5.74) is 1.23. The Kier molecular flexibility index (Phi) is 4.88. The molecule has 0 radical (unpaired) electrons. The summed E-state index contributed by atoms with van der Waals surface area (Å²) in [6.45, 7) is 2.71. The van der Waals surface area contributed by atoms with Crippen LogP contribution in [0.5, 0.6) is 0 Å². The van der Waals surface area contributed by atoms with E-state index in [1.165, 1.54) is 10.4 Å². The van der Waals surface area contributed by atoms with Crippen LogP contribution >= 0.6 is 22.7 Å². The standard InChI is InChI=1S/C16H17N3O2S2/c1-11-7-9-23-13(11)10-19(2)15(20)6-5-14-17-16(18-21-14)12-4-3-8-22-12/h3-4,7-9H,5-6,10H2,1-2H3. The maximum absolute atomic E-state index is 12.2. The van der Waals surface area contributed by atoms with Gasteiger partial charge < -0.3 is 9.42 Å². The lowest BCUT2D eigenvalue weighted by molar-refractivity contribution is -0.130. The van der Waals surface area contributed by atoms with Crippen LogP contribution in [-0.2, 0) is 17.8 Å². The lowest BCUT2D eigenvalue weighted by Gasteiger charge is -2.16. The number of hydrogen-bond donors (Lipinski definition) is 0. The zero-order valence-corrected chi connectivity index (χ0v) is 14.6. The second-order valence-corrected chi connectivity index (χ2v) is 7.21. The lowest BCUT2D eigenvalue weighted by Crippen LogP contribution is -2.26. The Labute approximate surface area is 142 Å². The fourth-order valence-corrected chi connectivity index (χ4v) is 3.74. The summed E-state index contributed by atoms with van der Waals surface area (Å²) in [4.78, 5) is 20.5. The Balaban J connectivity index is 1.53. The Morgan fingerprint density at radius 2 is 2.17 bits per heavy atom. The summed E-state index contributed by atoms with van der Waals surface area (Å²) < 4.78 is 5.22. The van der Waals surface area contributed by atoms with Crippen molar-refractivity contribution in [2.75, 3.05) is 7.05 Å². The van der Waals surface area contributed by atoms with E-state index in [4.69, 9.17) is 4.52 Å². The Hall–Kier alpha value is -1.99. The predicted molar refractivity (Wildman–Crippen MR) is 91.5 cm³/mol. The molecule has 3 aromatic rings. The number of rotatable bonds is 6. The molecule has 1 amide bonds. The molecule has 3 heterocycles. The zero-order chi connectivity index (χ0) is 16.2. The topological polar surface area (TPSA) is 59.2 Å². The molecular formula is C16H17N3O2S2. The summed E-state index contributed by atoms with van der Waals surface area (Å²) in [5, 5.41) is 7.97. The summed E-state index contributed by atoms with van der Waals surface area (Å²) in [7, 11) is 1.83. The van der Waals surface area contributed by atoms with Crippen molar-refractivity contribution >= 4 is 28.6 Å². The number of carbonyl (C=O) groups is 1. The van der Waals surface area contributed by atoms with Crippen molar-refractivity contribution in [3.63, 3.8) is 0 Å². The first-order chi connectivity index (χ1) is 11.1. The second kappa shape index (κ2) is 7.06. The van der Waals surface area contributed by atoms with Crippen LogP contribution in [0.4, 0.5) is 0 Å². The van der Waals surface area contributed by atoms with Gasteiger partial charge in [-0.3, -0.25) is 4.79 Å². The quantitative estimate of drug-likeness (QED) is 0.681. The predicted octanol–water partition coefficient (Wildman–Crippen LogP) is 3.76. The molecule has 0 aromatic carbocycles. The molecule has 3 rings (SSSR count). The highest BCUT2D eigenvalue weighted by molar-refractivity contribution is 7.13. The molecule has 0 aliphatic heterocycles. The van der Waals surface area contributed by atoms with E-state index in [0.29, 0.717) is 31.1 Å². The summed E-state index contributed by atoms with van der Waals surface area (Å²) in [6, 6.07) is 5.96. The van der Waals surface area contributed by atoms with Crippen molar-refractivity contribution in [3.05, 3.63) is 45.3 Å². The molecule has 0 aliphatic rings. The number of aromatic nitrogens is 2. The summed E-state index contributed by atoms with van der Waals surface area (Å²) >= 11 is 3.24. The van der Waals surface area contributed by atoms with Gasteiger partial charge in [0.15, 0.2) is 0 Å². The normalized spacial score (nSPS) is 10.9. The molecule has 0 unspecified atom stereocenters. The van der Waals surface area contributed by atoms with E-state index in [-0.39, 0.29) is 5.91 Å². The van der Waals surface area contributed by atoms with Gasteiger partial charge in [0.05, 0.1) is 11.4 Å². The Bertz CT molecular complexity index is 777. The molecule has 0 aliphatic carbocycles. The zero-order valence-electron chi connectivity index (χ0n) is 13.0. The molecule has 0 fully saturated rings. The van der Waals surface area contributed by atoms with Gasteiger partial charge in [0.1, 0.15) is 0 Å². The fourth-order valence-electron chi connectivity index (χ4n) is 2.14. The number of thiophene rings is 2. The molecule has 23 heavy (non-hydrogen) atoms. The Morgan fingerprint density at radius 3 is 2.87 bits per heavy atom. The Morgan fingerprint density at radius 1 is 1.30 bits per heavy atom. The second-order valence-electron chi connectivity index (χ2n) is 5.27. The third-order valence-corrected chi connectivity index (χ3v) is 5.41. The van der Waals surface area contributed by atoms with Crippen LogP contribution in [0, 0.1) is 6.92 Å². The van der Waals surface area contributed by atoms with Gasteiger partial charge in [0.25, 0.3) is 0 Å². The maximum atomic E-state index is 12.2. The minimum atomic E-state index is 0.0775. The largest absolute Gasteiger partial charge is 0.341 e. The molecule has 0 bridgehead atoms. The van der Waals surface area contributed by atoms with E-state index >= 15 is 0 Å². The highest BCUT2D eigenvalue weighted by atomic mass is 32.1. The first-order valence-electron chi connectivity index (χ1n) is 7.27. The van der Waals surface area contributed by atoms with Gasteiger partial charge in [0.2, 0.25) is 17.6 Å². The molecular weight excluding hydrogens is 330 g/mol. The van der Waals surface area contributed by atoms with Crippen molar-refractivity contribution in [1.82, 2.24) is 15.0 Å². The smallest absolute Gasteiger partial charge is 0.227 e. The number of carbonyl (C=O) groups excluding carboxylic acids is 1. The van der Waals surface area contributed by atoms with Gasteiger partial charge in [-0.1, -0.05) is 11.2 Å². The SMILES string of the molecule is Cc1ccsc1CN(C)C(=O)CCc1nc(-c2cccs2)no1. The van der Waals surface area contributed by atoms with Gasteiger partial charge in [-0.05, 0) is 35.4 Å². The highest BCUT2D eigenvalue weighted by Crippen LogP contribution is 2.22. The highest BCUT2D eigenvalue weighted by Gasteiger charge is 2.14. The van der Waals surface area contributed by atoms with E-state index < -0.39 is 0 Å². The van der Waals surface area contributed by atoms with E-state index in [1.807, 2.05) is 29.9 Å². The molecule has 5 nitrogen and oxygen atoms in total.